The van der Waals surface area contributed by atoms with Crippen molar-refractivity contribution in [3.8, 4) is 17.2 Å². The Morgan fingerprint density at radius 3 is 2.76 bits per heavy atom. The van der Waals surface area contributed by atoms with E-state index >= 15 is 0 Å². The normalized spacial score (nSPS) is 10.5. The van der Waals surface area contributed by atoms with Crippen molar-refractivity contribution in [2.75, 3.05) is 25.5 Å². The number of carbonyl (C=O) groups is 1. The van der Waals surface area contributed by atoms with E-state index in [1.165, 1.54) is 0 Å². The predicted octanol–water partition coefficient (Wildman–Crippen LogP) is 3.27. The SMILES string of the molecule is CCOc1cc(CNCCCSc2nnnn2-c2ccccc2)cc(Cl)c1OCC(N)=O.Cl. The highest BCUT2D eigenvalue weighted by Gasteiger charge is 2.14. The Balaban J connectivity index is 0.00000385. The lowest BCUT2D eigenvalue weighted by molar-refractivity contribution is -0.119. The Labute approximate surface area is 207 Å². The van der Waals surface area contributed by atoms with Gasteiger partial charge < -0.3 is 20.5 Å². The number of amides is 1. The molecule has 0 fully saturated rings. The fourth-order valence-corrected chi connectivity index (χ4v) is 3.98. The Bertz CT molecular complexity index is 1020. The number of hydrogen-bond donors (Lipinski definition) is 2. The summed E-state index contributed by atoms with van der Waals surface area (Å²) in [5.41, 5.74) is 7.03. The molecular formula is C21H26Cl2N6O3S. The molecule has 0 spiro atoms. The van der Waals surface area contributed by atoms with Crippen LogP contribution in [0.5, 0.6) is 11.5 Å². The van der Waals surface area contributed by atoms with Crippen molar-refractivity contribution in [1.29, 1.82) is 0 Å². The van der Waals surface area contributed by atoms with Crippen molar-refractivity contribution in [3.63, 3.8) is 0 Å². The number of nitrogens with one attached hydrogen (secondary N) is 1. The first-order chi connectivity index (χ1) is 15.6. The molecule has 0 aliphatic heterocycles. The summed E-state index contributed by atoms with van der Waals surface area (Å²) in [7, 11) is 0. The lowest BCUT2D eigenvalue weighted by Crippen LogP contribution is -2.20. The molecule has 0 saturated heterocycles. The van der Waals surface area contributed by atoms with Gasteiger partial charge in [0.25, 0.3) is 5.91 Å². The number of hydrogen-bond acceptors (Lipinski definition) is 8. The molecular weight excluding hydrogens is 487 g/mol. The number of benzene rings is 2. The Kier molecular flexibility index (Phi) is 11.2. The zero-order valence-electron chi connectivity index (χ0n) is 18.1. The number of thioether (sulfide) groups is 1. The van der Waals surface area contributed by atoms with Crippen molar-refractivity contribution in [3.05, 3.63) is 53.1 Å². The zero-order chi connectivity index (χ0) is 22.8. The molecule has 1 amide bonds. The van der Waals surface area contributed by atoms with Crippen LogP contribution in [0.25, 0.3) is 5.69 Å². The molecule has 2 aromatic carbocycles. The first-order valence-corrected chi connectivity index (χ1v) is 11.5. The second-order valence-corrected chi connectivity index (χ2v) is 8.15. The van der Waals surface area contributed by atoms with Crippen molar-refractivity contribution in [2.24, 2.45) is 5.73 Å². The number of nitrogens with two attached hydrogens (primary N) is 1. The number of halogens is 2. The standard InChI is InChI=1S/C21H25ClN6O3S.ClH/c1-2-30-18-12-15(11-17(22)20(18)31-14-19(23)29)13-24-9-6-10-32-21-25-26-27-28(21)16-7-4-3-5-8-16;/h3-5,7-8,11-12,24H,2,6,9-10,13-14H2,1H3,(H2,23,29);1H. The average Bonchev–Trinajstić information content (AvgIpc) is 3.25. The van der Waals surface area contributed by atoms with Gasteiger partial charge in [0.1, 0.15) is 0 Å². The number of para-hydroxylation sites is 1. The van der Waals surface area contributed by atoms with E-state index in [1.807, 2.05) is 43.3 Å². The summed E-state index contributed by atoms with van der Waals surface area (Å²) in [6, 6.07) is 13.4. The minimum Gasteiger partial charge on any atom is -0.490 e. The van der Waals surface area contributed by atoms with E-state index < -0.39 is 5.91 Å². The van der Waals surface area contributed by atoms with Gasteiger partial charge in [-0.25, -0.2) is 0 Å². The third-order valence-corrected chi connectivity index (χ3v) is 5.51. The van der Waals surface area contributed by atoms with Crippen LogP contribution < -0.4 is 20.5 Å². The molecule has 0 aliphatic rings. The summed E-state index contributed by atoms with van der Waals surface area (Å²) in [5.74, 6) is 1.10. The topological polar surface area (TPSA) is 117 Å². The second kappa shape index (κ2) is 13.9. The predicted molar refractivity (Wildman–Crippen MR) is 131 cm³/mol. The van der Waals surface area contributed by atoms with E-state index in [-0.39, 0.29) is 19.0 Å². The molecule has 3 rings (SSSR count). The molecule has 0 radical (unpaired) electrons. The smallest absolute Gasteiger partial charge is 0.255 e. The number of ether oxygens (including phenoxy) is 2. The van der Waals surface area contributed by atoms with Crippen molar-refractivity contribution < 1.29 is 14.3 Å². The first kappa shape index (κ1) is 26.7. The first-order valence-electron chi connectivity index (χ1n) is 10.1. The van der Waals surface area contributed by atoms with Gasteiger partial charge in [-0.3, -0.25) is 4.79 Å². The highest BCUT2D eigenvalue weighted by molar-refractivity contribution is 7.99. The molecule has 33 heavy (non-hydrogen) atoms. The van der Waals surface area contributed by atoms with Crippen LogP contribution in [0.15, 0.2) is 47.6 Å². The van der Waals surface area contributed by atoms with Gasteiger partial charge in [0.05, 0.1) is 17.3 Å². The molecule has 12 heteroatoms. The minimum absolute atomic E-state index is 0. The maximum Gasteiger partial charge on any atom is 0.255 e. The van der Waals surface area contributed by atoms with E-state index in [0.717, 1.165) is 35.1 Å². The summed E-state index contributed by atoms with van der Waals surface area (Å²) in [6.07, 6.45) is 0.929. The molecule has 3 aromatic rings. The van der Waals surface area contributed by atoms with Crippen molar-refractivity contribution in [1.82, 2.24) is 25.5 Å². The lowest BCUT2D eigenvalue weighted by atomic mass is 10.2. The molecule has 1 aromatic heterocycles. The third-order valence-electron chi connectivity index (χ3n) is 4.23. The molecule has 0 unspecified atom stereocenters. The van der Waals surface area contributed by atoms with Crippen LogP contribution in [0.1, 0.15) is 18.9 Å². The highest BCUT2D eigenvalue weighted by Crippen LogP contribution is 2.36. The minimum atomic E-state index is -0.579. The molecule has 0 aliphatic carbocycles. The van der Waals surface area contributed by atoms with Crippen molar-refractivity contribution >= 4 is 41.7 Å². The van der Waals surface area contributed by atoms with Gasteiger partial charge in [-0.1, -0.05) is 41.6 Å². The third kappa shape index (κ3) is 8.08. The Morgan fingerprint density at radius 1 is 1.24 bits per heavy atom. The summed E-state index contributed by atoms with van der Waals surface area (Å²) in [6.45, 7) is 3.47. The fraction of sp³-hybridized carbons (Fsp3) is 0.333. The molecule has 0 atom stereocenters. The van der Waals surface area contributed by atoms with E-state index in [0.29, 0.717) is 29.7 Å². The van der Waals surface area contributed by atoms with Gasteiger partial charge in [-0.15, -0.1) is 17.5 Å². The molecule has 1 heterocycles. The van der Waals surface area contributed by atoms with E-state index in [4.69, 9.17) is 26.8 Å². The number of rotatable bonds is 13. The summed E-state index contributed by atoms with van der Waals surface area (Å²) >= 11 is 7.94. The second-order valence-electron chi connectivity index (χ2n) is 6.68. The van der Waals surface area contributed by atoms with Crippen LogP contribution in [-0.2, 0) is 11.3 Å². The van der Waals surface area contributed by atoms with Gasteiger partial charge >= 0.3 is 0 Å². The fourth-order valence-electron chi connectivity index (χ4n) is 2.86. The summed E-state index contributed by atoms with van der Waals surface area (Å²) < 4.78 is 12.7. The summed E-state index contributed by atoms with van der Waals surface area (Å²) in [4.78, 5) is 11.0. The van der Waals surface area contributed by atoms with Crippen LogP contribution in [0.4, 0.5) is 0 Å². The van der Waals surface area contributed by atoms with Crippen molar-refractivity contribution in [2.45, 2.75) is 25.0 Å². The highest BCUT2D eigenvalue weighted by atomic mass is 35.5. The van der Waals surface area contributed by atoms with Gasteiger partial charge in [-0.05, 0) is 60.1 Å². The number of primary amides is 1. The van der Waals surface area contributed by atoms with Crippen LogP contribution in [0.3, 0.4) is 0 Å². The molecule has 0 saturated carbocycles. The number of aromatic nitrogens is 4. The van der Waals surface area contributed by atoms with Gasteiger partial charge in [0, 0.05) is 12.3 Å². The van der Waals surface area contributed by atoms with E-state index in [9.17, 15) is 4.79 Å². The molecule has 0 bridgehead atoms. The summed E-state index contributed by atoms with van der Waals surface area (Å²) in [5, 5.41) is 16.5. The van der Waals surface area contributed by atoms with Gasteiger partial charge in [0.15, 0.2) is 18.1 Å². The van der Waals surface area contributed by atoms with Crippen LogP contribution >= 0.6 is 35.8 Å². The molecule has 9 nitrogen and oxygen atoms in total. The Hall–Kier alpha value is -2.53. The number of tetrazole rings is 1. The van der Waals surface area contributed by atoms with Crippen LogP contribution in [0.2, 0.25) is 5.02 Å². The molecule has 178 valence electrons. The Morgan fingerprint density at radius 2 is 2.03 bits per heavy atom. The van der Waals surface area contributed by atoms with E-state index in [1.54, 1.807) is 22.5 Å². The number of nitrogens with zero attached hydrogens (tertiary/aromatic N) is 4. The van der Waals surface area contributed by atoms with Gasteiger partial charge in [0.2, 0.25) is 5.16 Å². The lowest BCUT2D eigenvalue weighted by Gasteiger charge is -2.15. The van der Waals surface area contributed by atoms with Crippen LogP contribution in [-0.4, -0.2) is 51.6 Å². The zero-order valence-corrected chi connectivity index (χ0v) is 20.5. The maximum atomic E-state index is 11.0. The maximum absolute atomic E-state index is 11.0. The quantitative estimate of drug-likeness (QED) is 0.264. The number of carbonyl (C=O) groups excluding carboxylic acids is 1. The van der Waals surface area contributed by atoms with Crippen LogP contribution in [0, 0.1) is 0 Å². The monoisotopic (exact) mass is 512 g/mol. The largest absolute Gasteiger partial charge is 0.490 e. The average molecular weight is 513 g/mol. The van der Waals surface area contributed by atoms with Gasteiger partial charge in [-0.2, -0.15) is 4.68 Å². The molecule has 3 N–H and O–H groups in total. The van der Waals surface area contributed by atoms with E-state index in [2.05, 4.69) is 20.8 Å².